The average molecular weight is 265 g/mol. The van der Waals surface area contributed by atoms with Gasteiger partial charge in [-0.15, -0.1) is 0 Å². The number of pyridine rings is 1. The van der Waals surface area contributed by atoms with Crippen LogP contribution in [0.1, 0.15) is 46.0 Å². The Balaban J connectivity index is 2.18. The van der Waals surface area contributed by atoms with Crippen molar-refractivity contribution in [3.05, 3.63) is 12.1 Å². The molecule has 0 aromatic carbocycles. The Labute approximate surface area is 116 Å². The summed E-state index contributed by atoms with van der Waals surface area (Å²) in [6.45, 7) is 5.46. The molecule has 4 heteroatoms. The molecule has 0 atom stereocenters. The molecule has 0 unspecified atom stereocenters. The van der Waals surface area contributed by atoms with Crippen LogP contribution >= 0.6 is 0 Å². The van der Waals surface area contributed by atoms with E-state index in [0.29, 0.717) is 11.6 Å². The molecule has 0 aliphatic carbocycles. The van der Waals surface area contributed by atoms with Crippen molar-refractivity contribution in [1.82, 2.24) is 4.98 Å². The summed E-state index contributed by atoms with van der Waals surface area (Å²) in [7, 11) is 1.61. The van der Waals surface area contributed by atoms with Gasteiger partial charge in [0.05, 0.1) is 12.8 Å². The lowest BCUT2D eigenvalue weighted by molar-refractivity contribution is 0.398. The monoisotopic (exact) mass is 265 g/mol. The highest BCUT2D eigenvalue weighted by Crippen LogP contribution is 2.19. The number of hydrogen-bond donors (Lipinski definition) is 2. The van der Waals surface area contributed by atoms with E-state index in [2.05, 4.69) is 24.1 Å². The number of unbranched alkanes of at least 4 members (excludes halogenated alkanes) is 3. The van der Waals surface area contributed by atoms with Crippen LogP contribution < -0.4 is 15.8 Å². The Hall–Kier alpha value is -1.45. The number of anilines is 2. The number of hydrogen-bond acceptors (Lipinski definition) is 4. The number of methoxy groups -OCH3 is 1. The molecule has 3 N–H and O–H groups in total. The van der Waals surface area contributed by atoms with Gasteiger partial charge in [0.15, 0.2) is 5.82 Å². The van der Waals surface area contributed by atoms with Gasteiger partial charge in [0.2, 0.25) is 5.88 Å². The first-order valence-electron chi connectivity index (χ1n) is 7.18. The molecule has 4 nitrogen and oxygen atoms in total. The molecule has 0 saturated heterocycles. The second-order valence-electron chi connectivity index (χ2n) is 5.31. The Kier molecular flexibility index (Phi) is 7.08. The smallest absolute Gasteiger partial charge is 0.215 e. The highest BCUT2D eigenvalue weighted by Gasteiger charge is 2.02. The van der Waals surface area contributed by atoms with Crippen molar-refractivity contribution in [3.8, 4) is 5.88 Å². The van der Waals surface area contributed by atoms with Crippen LogP contribution in [-0.2, 0) is 0 Å². The second-order valence-corrected chi connectivity index (χ2v) is 5.31. The van der Waals surface area contributed by atoms with E-state index in [1.165, 1.54) is 25.7 Å². The van der Waals surface area contributed by atoms with Crippen molar-refractivity contribution in [3.63, 3.8) is 0 Å². The fourth-order valence-electron chi connectivity index (χ4n) is 1.95. The molecule has 108 valence electrons. The largest absolute Gasteiger partial charge is 0.481 e. The predicted octanol–water partition coefficient (Wildman–Crippen LogP) is 3.69. The first kappa shape index (κ1) is 15.6. The van der Waals surface area contributed by atoms with Crippen molar-refractivity contribution in [1.29, 1.82) is 0 Å². The Morgan fingerprint density at radius 2 is 1.95 bits per heavy atom. The first-order valence-corrected chi connectivity index (χ1v) is 7.18. The lowest BCUT2D eigenvalue weighted by atomic mass is 10.0. The van der Waals surface area contributed by atoms with Crippen molar-refractivity contribution in [2.75, 3.05) is 24.7 Å². The molecule has 0 amide bonds. The summed E-state index contributed by atoms with van der Waals surface area (Å²) in [6, 6.07) is 3.59. The van der Waals surface area contributed by atoms with E-state index in [1.807, 2.05) is 6.07 Å². The van der Waals surface area contributed by atoms with Crippen LogP contribution in [-0.4, -0.2) is 18.6 Å². The molecule has 0 bridgehead atoms. The van der Waals surface area contributed by atoms with Gasteiger partial charge in [0.1, 0.15) is 0 Å². The summed E-state index contributed by atoms with van der Waals surface area (Å²) < 4.78 is 5.08. The number of nitrogen functional groups attached to an aromatic ring is 1. The van der Waals surface area contributed by atoms with Crippen LogP contribution in [0.15, 0.2) is 12.1 Å². The molecule has 19 heavy (non-hydrogen) atoms. The molecule has 1 heterocycles. The first-order chi connectivity index (χ1) is 9.13. The van der Waals surface area contributed by atoms with Crippen molar-refractivity contribution >= 4 is 11.5 Å². The van der Waals surface area contributed by atoms with E-state index in [0.717, 1.165) is 24.7 Å². The Morgan fingerprint density at radius 1 is 1.21 bits per heavy atom. The highest BCUT2D eigenvalue weighted by atomic mass is 16.5. The lowest BCUT2D eigenvalue weighted by Gasteiger charge is -2.09. The van der Waals surface area contributed by atoms with Gasteiger partial charge in [-0.3, -0.25) is 0 Å². The fourth-order valence-corrected chi connectivity index (χ4v) is 1.95. The molecule has 0 aliphatic rings. The normalized spacial score (nSPS) is 10.7. The SMILES string of the molecule is COc1ccc(N)c(NCCCCCCC(C)C)n1. The summed E-state index contributed by atoms with van der Waals surface area (Å²) in [5, 5.41) is 3.27. The van der Waals surface area contributed by atoms with E-state index in [-0.39, 0.29) is 0 Å². The Morgan fingerprint density at radius 3 is 2.63 bits per heavy atom. The lowest BCUT2D eigenvalue weighted by Crippen LogP contribution is -2.06. The summed E-state index contributed by atoms with van der Waals surface area (Å²) in [5.41, 5.74) is 6.53. The molecule has 1 aromatic heterocycles. The molecule has 0 radical (unpaired) electrons. The van der Waals surface area contributed by atoms with Crippen LogP contribution in [0.2, 0.25) is 0 Å². The van der Waals surface area contributed by atoms with E-state index < -0.39 is 0 Å². The summed E-state index contributed by atoms with van der Waals surface area (Å²) in [4.78, 5) is 4.29. The molecular weight excluding hydrogens is 238 g/mol. The predicted molar refractivity (Wildman–Crippen MR) is 81.6 cm³/mol. The van der Waals surface area contributed by atoms with E-state index >= 15 is 0 Å². The number of ether oxygens (including phenoxy) is 1. The molecule has 0 saturated carbocycles. The standard InChI is InChI=1S/C15H27N3O/c1-12(2)8-6-4-5-7-11-17-15-13(16)9-10-14(18-15)19-3/h9-10,12H,4-8,11,16H2,1-3H3,(H,17,18). The highest BCUT2D eigenvalue weighted by molar-refractivity contribution is 5.61. The fraction of sp³-hybridized carbons (Fsp3) is 0.667. The second kappa shape index (κ2) is 8.62. The summed E-state index contributed by atoms with van der Waals surface area (Å²) in [5.74, 6) is 2.13. The number of nitrogens with two attached hydrogens (primary N) is 1. The van der Waals surface area contributed by atoms with Gasteiger partial charge in [-0.25, -0.2) is 0 Å². The van der Waals surface area contributed by atoms with Crippen LogP contribution in [0.4, 0.5) is 11.5 Å². The third-order valence-corrected chi connectivity index (χ3v) is 3.11. The number of nitrogens with zero attached hydrogens (tertiary/aromatic N) is 1. The minimum absolute atomic E-state index is 0.591. The van der Waals surface area contributed by atoms with E-state index in [4.69, 9.17) is 10.5 Å². The zero-order valence-electron chi connectivity index (χ0n) is 12.4. The van der Waals surface area contributed by atoms with E-state index in [9.17, 15) is 0 Å². The van der Waals surface area contributed by atoms with Gasteiger partial charge in [0, 0.05) is 12.6 Å². The van der Waals surface area contributed by atoms with Gasteiger partial charge in [-0.1, -0.05) is 39.5 Å². The van der Waals surface area contributed by atoms with Gasteiger partial charge in [0.25, 0.3) is 0 Å². The van der Waals surface area contributed by atoms with Crippen LogP contribution in [0, 0.1) is 5.92 Å². The van der Waals surface area contributed by atoms with Crippen molar-refractivity contribution in [2.45, 2.75) is 46.0 Å². The third kappa shape index (κ3) is 6.32. The molecule has 0 fully saturated rings. The van der Waals surface area contributed by atoms with Crippen LogP contribution in [0.25, 0.3) is 0 Å². The maximum atomic E-state index is 5.86. The van der Waals surface area contributed by atoms with Gasteiger partial charge < -0.3 is 15.8 Å². The maximum absolute atomic E-state index is 5.86. The summed E-state index contributed by atoms with van der Waals surface area (Å²) in [6.07, 6.45) is 6.37. The average Bonchev–Trinajstić information content (AvgIpc) is 2.39. The molecule has 1 aromatic rings. The molecule has 0 spiro atoms. The van der Waals surface area contributed by atoms with E-state index in [1.54, 1.807) is 13.2 Å². The van der Waals surface area contributed by atoms with Crippen molar-refractivity contribution in [2.24, 2.45) is 5.92 Å². The minimum atomic E-state index is 0.591. The third-order valence-electron chi connectivity index (χ3n) is 3.11. The van der Waals surface area contributed by atoms with Gasteiger partial charge in [-0.2, -0.15) is 4.98 Å². The van der Waals surface area contributed by atoms with Crippen LogP contribution in [0.3, 0.4) is 0 Å². The minimum Gasteiger partial charge on any atom is -0.481 e. The van der Waals surface area contributed by atoms with Crippen LogP contribution in [0.5, 0.6) is 5.88 Å². The zero-order chi connectivity index (χ0) is 14.1. The topological polar surface area (TPSA) is 60.2 Å². The number of rotatable bonds is 9. The quantitative estimate of drug-likeness (QED) is 0.668. The van der Waals surface area contributed by atoms with Gasteiger partial charge >= 0.3 is 0 Å². The number of aromatic nitrogens is 1. The molecule has 1 rings (SSSR count). The summed E-state index contributed by atoms with van der Waals surface area (Å²) >= 11 is 0. The van der Waals surface area contributed by atoms with Crippen molar-refractivity contribution < 1.29 is 4.74 Å². The molecular formula is C15H27N3O. The van der Waals surface area contributed by atoms with Gasteiger partial charge in [-0.05, 0) is 18.4 Å². The Bertz CT molecular complexity index is 366. The zero-order valence-corrected chi connectivity index (χ0v) is 12.4. The maximum Gasteiger partial charge on any atom is 0.215 e. The number of nitrogens with one attached hydrogen (secondary N) is 1. The molecule has 0 aliphatic heterocycles.